The molecule has 32 heavy (non-hydrogen) atoms. The van der Waals surface area contributed by atoms with Crippen LogP contribution in [0.15, 0.2) is 53.4 Å². The minimum absolute atomic E-state index is 0.0437. The second kappa shape index (κ2) is 8.62. The number of anilines is 1. The van der Waals surface area contributed by atoms with E-state index in [-0.39, 0.29) is 26.9 Å². The predicted molar refractivity (Wildman–Crippen MR) is 128 cm³/mol. The molecule has 0 saturated carbocycles. The Balaban J connectivity index is 2.00. The lowest BCUT2D eigenvalue weighted by Gasteiger charge is -2.25. The van der Waals surface area contributed by atoms with Gasteiger partial charge < -0.3 is 9.84 Å². The molecule has 2 heterocycles. The molecule has 1 N–H and O–H groups in total. The van der Waals surface area contributed by atoms with Crippen LogP contribution in [-0.2, 0) is 9.59 Å². The molecule has 4 rings (SSSR count). The van der Waals surface area contributed by atoms with E-state index < -0.39 is 23.5 Å². The molecule has 0 spiro atoms. The van der Waals surface area contributed by atoms with Crippen LogP contribution >= 0.6 is 34.5 Å². The van der Waals surface area contributed by atoms with E-state index in [1.165, 1.54) is 35.5 Å². The number of amides is 1. The molecule has 2 aromatic carbocycles. The number of thiophene rings is 1. The van der Waals surface area contributed by atoms with Crippen molar-refractivity contribution in [3.05, 3.63) is 85.0 Å². The normalized spacial score (nSPS) is 17.8. The van der Waals surface area contributed by atoms with E-state index in [2.05, 4.69) is 0 Å². The molecule has 1 aliphatic heterocycles. The smallest absolute Gasteiger partial charge is 0.300 e. The van der Waals surface area contributed by atoms with E-state index in [1.807, 2.05) is 37.4 Å². The Morgan fingerprint density at radius 2 is 1.78 bits per heavy atom. The minimum Gasteiger partial charge on any atom is -0.507 e. The van der Waals surface area contributed by atoms with Crippen LogP contribution in [0.5, 0.6) is 5.75 Å². The third-order valence-corrected chi connectivity index (χ3v) is 6.94. The number of methoxy groups -OCH3 is 1. The lowest BCUT2D eigenvalue weighted by molar-refractivity contribution is -0.132. The number of aliphatic hydroxyl groups excluding tert-OH is 1. The van der Waals surface area contributed by atoms with Gasteiger partial charge in [-0.1, -0.05) is 40.9 Å². The van der Waals surface area contributed by atoms with Crippen LogP contribution in [0.3, 0.4) is 0 Å². The molecule has 0 radical (unpaired) electrons. The lowest BCUT2D eigenvalue weighted by atomic mass is 9.97. The molecule has 1 aliphatic rings. The van der Waals surface area contributed by atoms with Gasteiger partial charge >= 0.3 is 0 Å². The van der Waals surface area contributed by atoms with Crippen LogP contribution in [0.4, 0.5) is 5.69 Å². The molecule has 1 fully saturated rings. The Labute approximate surface area is 199 Å². The summed E-state index contributed by atoms with van der Waals surface area (Å²) >= 11 is 13.8. The molecule has 5 nitrogen and oxygen atoms in total. The predicted octanol–water partition coefficient (Wildman–Crippen LogP) is 6.31. The molecular formula is C24H19Cl2NO4S. The van der Waals surface area contributed by atoms with Crippen LogP contribution in [0.1, 0.15) is 27.6 Å². The number of nitrogens with zero attached hydrogens (tertiary/aromatic N) is 1. The number of rotatable bonds is 4. The molecule has 0 aliphatic carbocycles. The number of aliphatic hydroxyl groups is 1. The van der Waals surface area contributed by atoms with Gasteiger partial charge in [0.25, 0.3) is 11.7 Å². The Kier molecular flexibility index (Phi) is 6.03. The van der Waals surface area contributed by atoms with Crippen LogP contribution in [0.25, 0.3) is 5.76 Å². The van der Waals surface area contributed by atoms with Gasteiger partial charge in [0, 0.05) is 15.6 Å². The van der Waals surface area contributed by atoms with E-state index >= 15 is 0 Å². The highest BCUT2D eigenvalue weighted by molar-refractivity contribution is 7.10. The molecule has 164 valence electrons. The number of carbonyl (C=O) groups excluding carboxylic acids is 2. The second-order valence-electron chi connectivity index (χ2n) is 7.44. The standard InChI is InChI=1S/C24H19Cl2NO4S/c1-12-4-6-15(7-5-12)27-19(23-13(2)8-9-32-23)18(21(29)24(27)30)20(28)16-10-14(25)11-17(26)22(16)31-3/h4-11,19,28H,1-3H3/b20-18+. The zero-order valence-electron chi connectivity index (χ0n) is 17.5. The van der Waals surface area contributed by atoms with Gasteiger partial charge in [0.1, 0.15) is 17.6 Å². The topological polar surface area (TPSA) is 66.8 Å². The van der Waals surface area contributed by atoms with Crippen molar-refractivity contribution in [2.24, 2.45) is 0 Å². The molecule has 1 atom stereocenters. The van der Waals surface area contributed by atoms with Crippen LogP contribution in [0.2, 0.25) is 10.0 Å². The van der Waals surface area contributed by atoms with Crippen molar-refractivity contribution in [1.29, 1.82) is 0 Å². The Bertz CT molecular complexity index is 1260. The average Bonchev–Trinajstić information content (AvgIpc) is 3.28. The Hall–Kier alpha value is -2.80. The number of ketones is 1. The minimum atomic E-state index is -0.805. The summed E-state index contributed by atoms with van der Waals surface area (Å²) in [5.41, 5.74) is 2.59. The van der Waals surface area contributed by atoms with Crippen LogP contribution in [-0.4, -0.2) is 23.9 Å². The van der Waals surface area contributed by atoms with E-state index in [1.54, 1.807) is 12.1 Å². The first-order valence-electron chi connectivity index (χ1n) is 9.69. The van der Waals surface area contributed by atoms with Gasteiger partial charge in [-0.25, -0.2) is 0 Å². The molecule has 1 saturated heterocycles. The highest BCUT2D eigenvalue weighted by Gasteiger charge is 2.48. The van der Waals surface area contributed by atoms with E-state index in [4.69, 9.17) is 27.9 Å². The van der Waals surface area contributed by atoms with Gasteiger partial charge in [0.05, 0.1) is 23.3 Å². The number of hydrogen-bond acceptors (Lipinski definition) is 5. The summed E-state index contributed by atoms with van der Waals surface area (Å²) < 4.78 is 5.36. The number of halogens is 2. The molecule has 0 bridgehead atoms. The van der Waals surface area contributed by atoms with Crippen molar-refractivity contribution < 1.29 is 19.4 Å². The Morgan fingerprint density at radius 3 is 2.38 bits per heavy atom. The largest absolute Gasteiger partial charge is 0.507 e. The Morgan fingerprint density at radius 1 is 1.09 bits per heavy atom. The third-order valence-electron chi connectivity index (χ3n) is 5.37. The van der Waals surface area contributed by atoms with Crippen LogP contribution in [0, 0.1) is 13.8 Å². The van der Waals surface area contributed by atoms with Crippen molar-refractivity contribution in [2.75, 3.05) is 12.0 Å². The maximum atomic E-state index is 13.2. The summed E-state index contributed by atoms with van der Waals surface area (Å²) in [5.74, 6) is -1.74. The maximum Gasteiger partial charge on any atom is 0.300 e. The number of hydrogen-bond donors (Lipinski definition) is 1. The molecule has 1 unspecified atom stereocenters. The van der Waals surface area contributed by atoms with Crippen molar-refractivity contribution >= 4 is 57.7 Å². The first-order valence-corrected chi connectivity index (χ1v) is 11.3. The first kappa shape index (κ1) is 22.4. The molecule has 3 aromatic rings. The fourth-order valence-corrected chi connectivity index (χ4v) is 5.40. The van der Waals surface area contributed by atoms with Gasteiger partial charge in [-0.15, -0.1) is 11.3 Å². The fraction of sp³-hybridized carbons (Fsp3) is 0.167. The second-order valence-corrected chi connectivity index (χ2v) is 9.23. The van der Waals surface area contributed by atoms with Gasteiger partial charge in [0.2, 0.25) is 0 Å². The summed E-state index contributed by atoms with van der Waals surface area (Å²) in [6.45, 7) is 3.84. The first-order chi connectivity index (χ1) is 15.2. The number of Topliss-reactive ketones (excluding diaryl/α,β-unsaturated/α-hetero) is 1. The van der Waals surface area contributed by atoms with Gasteiger partial charge in [-0.3, -0.25) is 14.5 Å². The maximum absolute atomic E-state index is 13.2. The summed E-state index contributed by atoms with van der Waals surface area (Å²) in [7, 11) is 1.40. The number of carbonyl (C=O) groups is 2. The van der Waals surface area contributed by atoms with Gasteiger partial charge in [-0.05, 0) is 55.1 Å². The third kappa shape index (κ3) is 3.68. The van der Waals surface area contributed by atoms with Gasteiger partial charge in [0.15, 0.2) is 0 Å². The average molecular weight is 488 g/mol. The van der Waals surface area contributed by atoms with E-state index in [0.717, 1.165) is 16.0 Å². The zero-order valence-corrected chi connectivity index (χ0v) is 19.8. The quantitative estimate of drug-likeness (QED) is 0.266. The number of aryl methyl sites for hydroxylation is 2. The highest BCUT2D eigenvalue weighted by Crippen LogP contribution is 2.46. The van der Waals surface area contributed by atoms with E-state index in [0.29, 0.717) is 5.69 Å². The van der Waals surface area contributed by atoms with Crippen LogP contribution < -0.4 is 9.64 Å². The van der Waals surface area contributed by atoms with E-state index in [9.17, 15) is 14.7 Å². The summed E-state index contributed by atoms with van der Waals surface area (Å²) in [5, 5.41) is 13.6. The van der Waals surface area contributed by atoms with Crippen molar-refractivity contribution in [1.82, 2.24) is 0 Å². The SMILES string of the molecule is COc1c(Cl)cc(Cl)cc1/C(O)=C1\C(=O)C(=O)N(c2ccc(C)cc2)C1c1sccc1C. The zero-order chi connectivity index (χ0) is 23.2. The van der Waals surface area contributed by atoms with Crippen molar-refractivity contribution in [3.8, 4) is 5.75 Å². The summed E-state index contributed by atoms with van der Waals surface area (Å²) in [4.78, 5) is 28.6. The number of benzene rings is 2. The fourth-order valence-electron chi connectivity index (χ4n) is 3.81. The highest BCUT2D eigenvalue weighted by atomic mass is 35.5. The molecule has 8 heteroatoms. The molecule has 1 amide bonds. The number of ether oxygens (including phenoxy) is 1. The summed E-state index contributed by atoms with van der Waals surface area (Å²) in [6, 6.07) is 11.3. The lowest BCUT2D eigenvalue weighted by Crippen LogP contribution is -2.29. The monoisotopic (exact) mass is 487 g/mol. The summed E-state index contributed by atoms with van der Waals surface area (Å²) in [6.07, 6.45) is 0. The molecule has 1 aromatic heterocycles. The van der Waals surface area contributed by atoms with Gasteiger partial charge in [-0.2, -0.15) is 0 Å². The molecular weight excluding hydrogens is 469 g/mol. The van der Waals surface area contributed by atoms with Crippen molar-refractivity contribution in [3.63, 3.8) is 0 Å². The van der Waals surface area contributed by atoms with Crippen molar-refractivity contribution in [2.45, 2.75) is 19.9 Å².